The monoisotopic (exact) mass is 410 g/mol. The van der Waals surface area contributed by atoms with Gasteiger partial charge < -0.3 is 0 Å². The van der Waals surface area contributed by atoms with Crippen molar-refractivity contribution in [3.05, 3.63) is 61.7 Å². The van der Waals surface area contributed by atoms with E-state index < -0.39 is 63.3 Å². The van der Waals surface area contributed by atoms with Crippen LogP contribution in [0, 0.1) is 5.82 Å². The molecule has 0 bridgehead atoms. The summed E-state index contributed by atoms with van der Waals surface area (Å²) in [7, 11) is 0. The molecule has 1 aromatic carbocycles. The molecule has 2 N–H and O–H groups in total. The van der Waals surface area contributed by atoms with E-state index in [4.69, 9.17) is 0 Å². The summed E-state index contributed by atoms with van der Waals surface area (Å²) in [6.45, 7) is 1.15. The summed E-state index contributed by atoms with van der Waals surface area (Å²) >= 11 is 0. The normalized spacial score (nSPS) is 13.9. The van der Waals surface area contributed by atoms with E-state index in [1.54, 1.807) is 4.98 Å². The summed E-state index contributed by atoms with van der Waals surface area (Å²) < 4.78 is 92.4. The summed E-state index contributed by atoms with van der Waals surface area (Å²) in [5.74, 6) is -1.34. The number of aromatic nitrogens is 4. The van der Waals surface area contributed by atoms with Crippen LogP contribution in [0.3, 0.4) is 0 Å². The third-order valence-corrected chi connectivity index (χ3v) is 4.01. The Labute approximate surface area is 149 Å². The lowest BCUT2D eigenvalue weighted by atomic mass is 10.0. The second-order valence-electron chi connectivity index (χ2n) is 5.83. The van der Waals surface area contributed by atoms with Crippen LogP contribution < -0.4 is 11.2 Å². The molecule has 3 aromatic rings. The number of rotatable bonds is 2. The molecule has 0 amide bonds. The van der Waals surface area contributed by atoms with Gasteiger partial charge >= 0.3 is 18.0 Å². The number of hydrogen-bond acceptors (Lipinski definition) is 3. The van der Waals surface area contributed by atoms with Crippen LogP contribution in [0.1, 0.15) is 29.8 Å². The highest BCUT2D eigenvalue weighted by molar-refractivity contribution is 5.77. The van der Waals surface area contributed by atoms with E-state index in [9.17, 15) is 40.3 Å². The molecule has 0 saturated heterocycles. The molecule has 0 saturated carbocycles. The lowest BCUT2D eigenvalue weighted by Gasteiger charge is -2.16. The van der Waals surface area contributed by atoms with Crippen LogP contribution in [0.2, 0.25) is 0 Å². The topological polar surface area (TPSA) is 83.5 Å². The third-order valence-electron chi connectivity index (χ3n) is 4.01. The first kappa shape index (κ1) is 19.6. The van der Waals surface area contributed by atoms with Crippen LogP contribution >= 0.6 is 0 Å². The molecule has 0 aliphatic rings. The highest BCUT2D eigenvalue weighted by Gasteiger charge is 2.39. The Bertz CT molecular complexity index is 1170. The molecule has 2 aromatic heterocycles. The minimum atomic E-state index is -5.08. The number of hydrogen-bond donors (Lipinski definition) is 2. The van der Waals surface area contributed by atoms with Gasteiger partial charge in [-0.15, -0.1) is 0 Å². The summed E-state index contributed by atoms with van der Waals surface area (Å²) in [6.07, 6.45) is -9.89. The van der Waals surface area contributed by atoms with Crippen LogP contribution in [0.4, 0.5) is 30.7 Å². The van der Waals surface area contributed by atoms with Gasteiger partial charge in [0, 0.05) is 5.56 Å². The van der Waals surface area contributed by atoms with Gasteiger partial charge in [0.1, 0.15) is 16.9 Å². The molecule has 0 aliphatic heterocycles. The van der Waals surface area contributed by atoms with Crippen LogP contribution in [0.25, 0.3) is 11.0 Å². The fourth-order valence-electron chi connectivity index (χ4n) is 2.73. The smallest absolute Gasteiger partial charge is 0.291 e. The van der Waals surface area contributed by atoms with Gasteiger partial charge in [0.25, 0.3) is 5.56 Å². The minimum absolute atomic E-state index is 0.192. The van der Waals surface area contributed by atoms with Crippen molar-refractivity contribution in [1.82, 2.24) is 19.7 Å². The Morgan fingerprint density at radius 2 is 1.68 bits per heavy atom. The van der Waals surface area contributed by atoms with Gasteiger partial charge in [-0.1, -0.05) is 6.07 Å². The first-order valence-corrected chi connectivity index (χ1v) is 7.49. The Balaban J connectivity index is 2.24. The molecule has 28 heavy (non-hydrogen) atoms. The summed E-state index contributed by atoms with van der Waals surface area (Å²) in [5, 5.41) is 2.28. The van der Waals surface area contributed by atoms with Crippen LogP contribution in [-0.4, -0.2) is 19.7 Å². The van der Waals surface area contributed by atoms with E-state index in [0.29, 0.717) is 10.7 Å². The van der Waals surface area contributed by atoms with Crippen LogP contribution in [-0.2, 0) is 12.4 Å². The molecule has 13 heteroatoms. The summed E-state index contributed by atoms with van der Waals surface area (Å²) in [4.78, 5) is 26.9. The van der Waals surface area contributed by atoms with Crippen LogP contribution in [0.5, 0.6) is 0 Å². The zero-order chi connectivity index (χ0) is 21.0. The zero-order valence-electron chi connectivity index (χ0n) is 13.7. The number of nitrogens with one attached hydrogen (secondary N) is 2. The Hall–Kier alpha value is -3.12. The second-order valence-corrected chi connectivity index (χ2v) is 5.83. The minimum Gasteiger partial charge on any atom is -0.291 e. The molecule has 0 spiro atoms. The number of H-pyrrole nitrogens is 2. The molecule has 1 atom stereocenters. The van der Waals surface area contributed by atoms with E-state index in [1.807, 2.05) is 4.98 Å². The molecule has 0 radical (unpaired) electrons. The molecule has 3 rings (SSSR count). The van der Waals surface area contributed by atoms with Crippen molar-refractivity contribution in [1.29, 1.82) is 0 Å². The lowest BCUT2D eigenvalue weighted by Crippen LogP contribution is -2.24. The lowest BCUT2D eigenvalue weighted by molar-refractivity contribution is -0.140. The Kier molecular flexibility index (Phi) is 4.35. The summed E-state index contributed by atoms with van der Waals surface area (Å²) in [5.41, 5.74) is -6.48. The van der Waals surface area contributed by atoms with Gasteiger partial charge in [-0.25, -0.2) is 13.9 Å². The van der Waals surface area contributed by atoms with Gasteiger partial charge in [-0.3, -0.25) is 14.8 Å². The predicted molar refractivity (Wildman–Crippen MR) is 81.2 cm³/mol. The average Bonchev–Trinajstić information content (AvgIpc) is 2.93. The van der Waals surface area contributed by atoms with Gasteiger partial charge in [-0.2, -0.15) is 31.4 Å². The molecule has 6 nitrogen and oxygen atoms in total. The maximum Gasteiger partial charge on any atom is 0.436 e. The Morgan fingerprint density at radius 3 is 2.21 bits per heavy atom. The van der Waals surface area contributed by atoms with Crippen molar-refractivity contribution in [2.45, 2.75) is 25.3 Å². The fourth-order valence-corrected chi connectivity index (χ4v) is 2.73. The number of nitrogens with zero attached hydrogens (tertiary/aromatic N) is 2. The Morgan fingerprint density at radius 1 is 1.04 bits per heavy atom. The predicted octanol–water partition coefficient (Wildman–Crippen LogP) is 3.20. The first-order chi connectivity index (χ1) is 12.8. The number of halogens is 7. The number of aromatic amines is 2. The summed E-state index contributed by atoms with van der Waals surface area (Å²) in [6, 6.07) is 0.117. The first-order valence-electron chi connectivity index (χ1n) is 7.49. The molecule has 1 unspecified atom stereocenters. The molecule has 150 valence electrons. The highest BCUT2D eigenvalue weighted by Crippen LogP contribution is 2.35. The molecule has 0 aliphatic carbocycles. The highest BCUT2D eigenvalue weighted by atomic mass is 19.4. The van der Waals surface area contributed by atoms with Gasteiger partial charge in [0.15, 0.2) is 5.69 Å². The standard InChI is InChI=1S/C15H9F7N4O2/c1-5(7-3-2-6(4-8(7)16)14(17,18)19)26-11-9(10(25-26)15(20,21)22)12(27)24-13(28)23-11/h2-5H,1H3,(H2,23,24,27,28). The van der Waals surface area contributed by atoms with Crippen molar-refractivity contribution >= 4 is 11.0 Å². The second kappa shape index (κ2) is 6.21. The van der Waals surface area contributed by atoms with Crippen molar-refractivity contribution in [3.8, 4) is 0 Å². The van der Waals surface area contributed by atoms with Crippen molar-refractivity contribution in [3.63, 3.8) is 0 Å². The molecule has 0 fully saturated rings. The third kappa shape index (κ3) is 3.27. The maximum atomic E-state index is 14.2. The van der Waals surface area contributed by atoms with E-state index in [2.05, 4.69) is 5.10 Å². The van der Waals surface area contributed by atoms with E-state index in [0.717, 1.165) is 13.0 Å². The number of alkyl halides is 6. The van der Waals surface area contributed by atoms with E-state index in [-0.39, 0.29) is 6.07 Å². The SMILES string of the molecule is CC(c1ccc(C(F)(F)F)cc1F)n1nc(C(F)(F)F)c2c(=O)[nH]c(=O)[nH]c21. The maximum absolute atomic E-state index is 14.2. The molecular weight excluding hydrogens is 401 g/mol. The number of fused-ring (bicyclic) bond motifs is 1. The fraction of sp³-hybridized carbons (Fsp3) is 0.267. The van der Waals surface area contributed by atoms with Crippen LogP contribution in [0.15, 0.2) is 27.8 Å². The number of benzene rings is 1. The largest absolute Gasteiger partial charge is 0.436 e. The van der Waals surface area contributed by atoms with Crippen molar-refractivity contribution in [2.24, 2.45) is 0 Å². The molecular formula is C15H9F7N4O2. The van der Waals surface area contributed by atoms with Gasteiger partial charge in [0.2, 0.25) is 0 Å². The zero-order valence-corrected chi connectivity index (χ0v) is 13.7. The quantitative estimate of drug-likeness (QED) is 0.637. The van der Waals surface area contributed by atoms with Gasteiger partial charge in [0.05, 0.1) is 11.6 Å². The van der Waals surface area contributed by atoms with Gasteiger partial charge in [-0.05, 0) is 19.1 Å². The van der Waals surface area contributed by atoms with E-state index in [1.165, 1.54) is 0 Å². The van der Waals surface area contributed by atoms with Crippen molar-refractivity contribution < 1.29 is 30.7 Å². The molecule has 2 heterocycles. The van der Waals surface area contributed by atoms with E-state index >= 15 is 0 Å². The average molecular weight is 410 g/mol. The van der Waals surface area contributed by atoms with Crippen molar-refractivity contribution in [2.75, 3.05) is 0 Å².